The topological polar surface area (TPSA) is 142 Å². The normalized spacial score (nSPS) is 23.8. The first-order valence-corrected chi connectivity index (χ1v) is 16.6. The Kier molecular flexibility index (Phi) is 9.64. The van der Waals surface area contributed by atoms with E-state index in [2.05, 4.69) is 4.98 Å². The third kappa shape index (κ3) is 7.73. The number of halogens is 3. The summed E-state index contributed by atoms with van der Waals surface area (Å²) in [6.45, 7) is 1.56. The van der Waals surface area contributed by atoms with Crippen LogP contribution in [-0.2, 0) is 53.4 Å². The van der Waals surface area contributed by atoms with Crippen LogP contribution in [0.1, 0.15) is 51.4 Å². The number of aromatic nitrogens is 4. The molecule has 248 valence electrons. The van der Waals surface area contributed by atoms with Gasteiger partial charge in [0.1, 0.15) is 6.54 Å². The predicted molar refractivity (Wildman–Crippen MR) is 149 cm³/mol. The lowest BCUT2D eigenvalue weighted by atomic mass is 9.85. The molecule has 6 rings (SSSR count). The summed E-state index contributed by atoms with van der Waals surface area (Å²) in [4.78, 5) is 29.3. The van der Waals surface area contributed by atoms with Crippen LogP contribution in [0.5, 0.6) is 0 Å². The summed E-state index contributed by atoms with van der Waals surface area (Å²) < 4.78 is 90.4. The lowest BCUT2D eigenvalue weighted by Crippen LogP contribution is -2.43. The Hall–Kier alpha value is -2.31. The maximum Gasteiger partial charge on any atom is 0.406 e. The molecule has 4 fully saturated rings. The van der Waals surface area contributed by atoms with Crippen molar-refractivity contribution in [2.24, 2.45) is 18.9 Å². The van der Waals surface area contributed by atoms with E-state index in [1.807, 2.05) is 0 Å². The fourth-order valence-corrected chi connectivity index (χ4v) is 6.87. The second kappa shape index (κ2) is 12.8. The highest BCUT2D eigenvalue weighted by atomic mass is 32.2. The fraction of sp³-hybridized carbons (Fsp3) is 0.815. The molecule has 0 aromatic carbocycles. The number of alkyl halides is 3. The summed E-state index contributed by atoms with van der Waals surface area (Å²) in [6, 6.07) is 0. The summed E-state index contributed by atoms with van der Waals surface area (Å²) in [6.07, 6.45) is 3.75. The molecule has 0 amide bonds. The highest BCUT2D eigenvalue weighted by Gasteiger charge is 2.41. The van der Waals surface area contributed by atoms with Crippen molar-refractivity contribution < 1.29 is 44.7 Å². The maximum absolute atomic E-state index is 12.9. The zero-order chi connectivity index (χ0) is 31.8. The van der Waals surface area contributed by atoms with Crippen LogP contribution in [0.3, 0.4) is 0 Å². The molecule has 17 heteroatoms. The molecule has 2 aliphatic heterocycles. The van der Waals surface area contributed by atoms with E-state index in [1.54, 1.807) is 0 Å². The Labute approximate surface area is 252 Å². The van der Waals surface area contributed by atoms with E-state index in [0.717, 1.165) is 52.0 Å². The zero-order valence-corrected chi connectivity index (χ0v) is 25.7. The van der Waals surface area contributed by atoms with Crippen molar-refractivity contribution >= 4 is 21.3 Å². The van der Waals surface area contributed by atoms with Gasteiger partial charge >= 0.3 is 11.9 Å². The van der Waals surface area contributed by atoms with Gasteiger partial charge in [0.2, 0.25) is 0 Å². The van der Waals surface area contributed by atoms with E-state index in [9.17, 15) is 31.2 Å². The van der Waals surface area contributed by atoms with E-state index in [1.165, 1.54) is 7.05 Å². The lowest BCUT2D eigenvalue weighted by molar-refractivity contribution is -0.183. The van der Waals surface area contributed by atoms with Gasteiger partial charge in [-0.3, -0.25) is 18.1 Å². The molecule has 4 heterocycles. The van der Waals surface area contributed by atoms with Gasteiger partial charge in [-0.15, -0.1) is 0 Å². The first-order valence-electron chi connectivity index (χ1n) is 14.8. The smallest absolute Gasteiger partial charge is 0.348 e. The van der Waals surface area contributed by atoms with Gasteiger partial charge in [0.15, 0.2) is 22.7 Å². The third-order valence-corrected chi connectivity index (χ3v) is 9.34. The molecule has 4 aliphatic rings. The Morgan fingerprint density at radius 2 is 1.43 bits per heavy atom. The van der Waals surface area contributed by atoms with Crippen LogP contribution >= 0.6 is 0 Å². The first kappa shape index (κ1) is 33.1. The summed E-state index contributed by atoms with van der Waals surface area (Å²) in [5.41, 5.74) is -1.59. The molecule has 0 atom stereocenters. The van der Waals surface area contributed by atoms with E-state index >= 15 is 0 Å². The molecule has 2 aromatic heterocycles. The summed E-state index contributed by atoms with van der Waals surface area (Å²) in [7, 11) is -1.91. The molecule has 0 unspecified atom stereocenters. The van der Waals surface area contributed by atoms with Crippen LogP contribution in [-0.4, -0.2) is 84.1 Å². The van der Waals surface area contributed by atoms with Crippen LogP contribution in [0.25, 0.3) is 11.2 Å². The van der Waals surface area contributed by atoms with Gasteiger partial charge in [0.05, 0.1) is 45.6 Å². The highest BCUT2D eigenvalue weighted by Crippen LogP contribution is 2.39. The van der Waals surface area contributed by atoms with Crippen molar-refractivity contribution in [1.82, 2.24) is 18.7 Å². The molecule has 13 nitrogen and oxygen atoms in total. The van der Waals surface area contributed by atoms with Crippen molar-refractivity contribution in [3.63, 3.8) is 0 Å². The number of nitrogens with zero attached hydrogens (tertiary/aromatic N) is 4. The number of aryl methyl sites for hydroxylation is 1. The second-order valence-electron chi connectivity index (χ2n) is 12.0. The highest BCUT2D eigenvalue weighted by molar-refractivity contribution is 7.85. The van der Waals surface area contributed by atoms with Crippen molar-refractivity contribution in [2.75, 3.05) is 39.3 Å². The van der Waals surface area contributed by atoms with Crippen molar-refractivity contribution in [1.29, 1.82) is 0 Å². The first-order chi connectivity index (χ1) is 20.7. The molecule has 2 spiro atoms. The molecule has 2 saturated carbocycles. The predicted octanol–water partition coefficient (Wildman–Crippen LogP) is 2.29. The van der Waals surface area contributed by atoms with E-state index in [0.29, 0.717) is 58.0 Å². The van der Waals surface area contributed by atoms with Crippen LogP contribution in [0.4, 0.5) is 13.2 Å². The van der Waals surface area contributed by atoms with Gasteiger partial charge in [0.25, 0.3) is 15.7 Å². The number of hydrogen-bond acceptors (Lipinski definition) is 10. The molecule has 2 aromatic rings. The Bertz CT molecular complexity index is 1520. The van der Waals surface area contributed by atoms with E-state index in [4.69, 9.17) is 23.1 Å². The number of fused-ring (bicyclic) bond motifs is 1. The molecule has 44 heavy (non-hydrogen) atoms. The monoisotopic (exact) mass is 652 g/mol. The van der Waals surface area contributed by atoms with Gasteiger partial charge < -0.3 is 23.5 Å². The van der Waals surface area contributed by atoms with E-state index < -0.39 is 39.9 Å². The van der Waals surface area contributed by atoms with Crippen LogP contribution in [0.2, 0.25) is 0 Å². The average Bonchev–Trinajstić information content (AvgIpc) is 3.71. The molecular weight excluding hydrogens is 613 g/mol. The molecule has 0 bridgehead atoms. The average molecular weight is 653 g/mol. The van der Waals surface area contributed by atoms with Gasteiger partial charge in [-0.25, -0.2) is 9.78 Å². The third-order valence-electron chi connectivity index (χ3n) is 8.77. The van der Waals surface area contributed by atoms with E-state index in [-0.39, 0.29) is 36.0 Å². The van der Waals surface area contributed by atoms with Crippen molar-refractivity contribution in [2.45, 2.75) is 82.2 Å². The van der Waals surface area contributed by atoms with Crippen LogP contribution in [0.15, 0.2) is 15.9 Å². The van der Waals surface area contributed by atoms with Gasteiger partial charge in [0, 0.05) is 39.3 Å². The molecule has 0 radical (unpaired) electrons. The standard InChI is InChI=1S/C17H21F3N4O4.C10H18O5S/c1-22-13-12(23(10-21-13)9-17(18,19)20)14(25)24(15(22)26)8-11-2-4-16(5-3-11)27-6-7-28-16;1-16(11,12)15-8-9-2-4-10(5-3-9)13-6-7-14-10/h10-11H,2-9H2,1H3;9H,2-8H2,1H3. The quantitative estimate of drug-likeness (QED) is 0.427. The van der Waals surface area contributed by atoms with Crippen LogP contribution in [0, 0.1) is 11.8 Å². The Balaban J connectivity index is 0.000000204. The molecule has 2 aliphatic carbocycles. The second-order valence-corrected chi connectivity index (χ2v) is 13.7. The largest absolute Gasteiger partial charge is 0.406 e. The Morgan fingerprint density at radius 1 is 0.932 bits per heavy atom. The summed E-state index contributed by atoms with van der Waals surface area (Å²) in [5.74, 6) is -0.586. The van der Waals surface area contributed by atoms with Crippen molar-refractivity contribution in [3.05, 3.63) is 27.2 Å². The fourth-order valence-electron chi connectivity index (χ4n) is 6.43. The number of rotatable bonds is 6. The molecular formula is C27H39F3N4O9S. The minimum absolute atomic E-state index is 0.0419. The van der Waals surface area contributed by atoms with Crippen LogP contribution < -0.4 is 11.2 Å². The minimum atomic E-state index is -4.50. The molecule has 0 N–H and O–H groups in total. The summed E-state index contributed by atoms with van der Waals surface area (Å²) in [5, 5.41) is 0. The maximum atomic E-state index is 12.9. The number of hydrogen-bond donors (Lipinski definition) is 0. The minimum Gasteiger partial charge on any atom is -0.348 e. The number of ether oxygens (including phenoxy) is 4. The lowest BCUT2D eigenvalue weighted by Gasteiger charge is -2.35. The van der Waals surface area contributed by atoms with Gasteiger partial charge in [-0.2, -0.15) is 21.6 Å². The van der Waals surface area contributed by atoms with Gasteiger partial charge in [-0.1, -0.05) is 0 Å². The van der Waals surface area contributed by atoms with Gasteiger partial charge in [-0.05, 0) is 37.5 Å². The number of imidazole rings is 1. The Morgan fingerprint density at radius 3 is 1.91 bits per heavy atom. The van der Waals surface area contributed by atoms with Crippen molar-refractivity contribution in [3.8, 4) is 0 Å². The SMILES string of the molecule is CS(=O)(=O)OCC1CCC2(CC1)OCCO2.Cn1c(=O)n(CC2CCC3(CC2)OCCO3)c(=O)c2c1ncn2CC(F)(F)F. The summed E-state index contributed by atoms with van der Waals surface area (Å²) >= 11 is 0. The molecule has 2 saturated heterocycles. The zero-order valence-electron chi connectivity index (χ0n) is 24.8.